The van der Waals surface area contributed by atoms with Gasteiger partial charge in [-0.2, -0.15) is 0 Å². The predicted molar refractivity (Wildman–Crippen MR) is 60.9 cm³/mol. The lowest BCUT2D eigenvalue weighted by atomic mass is 10.2. The molecule has 0 bridgehead atoms. The zero-order chi connectivity index (χ0) is 11.9. The van der Waals surface area contributed by atoms with Gasteiger partial charge in [-0.05, 0) is 19.8 Å². The standard InChI is InChI=1S/C12H22O5/c1-2-13-9-15-6-11-4-3-10(17-11)5-14-7-12-8-16-12/h10-12H,2-9H2,1H3. The molecule has 0 radical (unpaired) electrons. The van der Waals surface area contributed by atoms with Crippen molar-refractivity contribution in [2.24, 2.45) is 0 Å². The molecule has 0 aromatic carbocycles. The minimum Gasteiger partial charge on any atom is -0.376 e. The Morgan fingerprint density at radius 1 is 0.941 bits per heavy atom. The van der Waals surface area contributed by atoms with Gasteiger partial charge in [0, 0.05) is 6.61 Å². The van der Waals surface area contributed by atoms with E-state index in [9.17, 15) is 0 Å². The molecular formula is C12H22O5. The van der Waals surface area contributed by atoms with Crippen molar-refractivity contribution in [1.29, 1.82) is 0 Å². The van der Waals surface area contributed by atoms with Crippen LogP contribution >= 0.6 is 0 Å². The zero-order valence-electron chi connectivity index (χ0n) is 10.4. The van der Waals surface area contributed by atoms with Crippen molar-refractivity contribution in [1.82, 2.24) is 0 Å². The number of rotatable bonds is 9. The zero-order valence-corrected chi connectivity index (χ0v) is 10.4. The fraction of sp³-hybridized carbons (Fsp3) is 1.00. The van der Waals surface area contributed by atoms with Crippen LogP contribution in [0.1, 0.15) is 19.8 Å². The van der Waals surface area contributed by atoms with Gasteiger partial charge in [0.2, 0.25) is 0 Å². The van der Waals surface area contributed by atoms with E-state index in [1.807, 2.05) is 6.92 Å². The molecule has 0 amide bonds. The highest BCUT2D eigenvalue weighted by atomic mass is 16.7. The van der Waals surface area contributed by atoms with Crippen LogP contribution in [0.5, 0.6) is 0 Å². The molecule has 0 N–H and O–H groups in total. The second kappa shape index (κ2) is 7.28. The third kappa shape index (κ3) is 5.31. The topological polar surface area (TPSA) is 49.5 Å². The van der Waals surface area contributed by atoms with E-state index >= 15 is 0 Å². The Bertz CT molecular complexity index is 207. The highest BCUT2D eigenvalue weighted by Crippen LogP contribution is 2.20. The maximum atomic E-state index is 5.80. The first-order chi connectivity index (χ1) is 8.38. The lowest BCUT2D eigenvalue weighted by Crippen LogP contribution is -2.21. The number of hydrogen-bond acceptors (Lipinski definition) is 5. The van der Waals surface area contributed by atoms with E-state index in [0.29, 0.717) is 39.3 Å². The van der Waals surface area contributed by atoms with Gasteiger partial charge in [0.15, 0.2) is 0 Å². The van der Waals surface area contributed by atoms with Gasteiger partial charge in [-0.15, -0.1) is 0 Å². The molecule has 2 saturated heterocycles. The molecule has 0 saturated carbocycles. The summed E-state index contributed by atoms with van der Waals surface area (Å²) in [6, 6.07) is 0. The number of ether oxygens (including phenoxy) is 5. The quantitative estimate of drug-likeness (QED) is 0.344. The minimum atomic E-state index is 0.196. The Hall–Kier alpha value is -0.200. The third-order valence-electron chi connectivity index (χ3n) is 2.88. The first-order valence-corrected chi connectivity index (χ1v) is 6.38. The molecule has 5 nitrogen and oxygen atoms in total. The molecule has 0 aromatic heterocycles. The summed E-state index contributed by atoms with van der Waals surface area (Å²) < 4.78 is 26.8. The molecule has 100 valence electrons. The monoisotopic (exact) mass is 246 g/mol. The van der Waals surface area contributed by atoms with Crippen molar-refractivity contribution in [2.75, 3.05) is 39.8 Å². The van der Waals surface area contributed by atoms with Gasteiger partial charge in [0.1, 0.15) is 12.9 Å². The molecule has 3 unspecified atom stereocenters. The van der Waals surface area contributed by atoms with Gasteiger partial charge in [-0.1, -0.05) is 0 Å². The summed E-state index contributed by atoms with van der Waals surface area (Å²) in [5.74, 6) is 0. The van der Waals surface area contributed by atoms with Crippen molar-refractivity contribution in [3.05, 3.63) is 0 Å². The molecule has 2 aliphatic rings. The maximum absolute atomic E-state index is 5.80. The first kappa shape index (κ1) is 13.2. The van der Waals surface area contributed by atoms with Gasteiger partial charge >= 0.3 is 0 Å². The summed E-state index contributed by atoms with van der Waals surface area (Å²) in [7, 11) is 0. The summed E-state index contributed by atoms with van der Waals surface area (Å²) in [5.41, 5.74) is 0. The van der Waals surface area contributed by atoms with E-state index in [1.165, 1.54) is 0 Å². The Balaban J connectivity index is 1.46. The molecule has 5 heteroatoms. The van der Waals surface area contributed by atoms with E-state index in [2.05, 4.69) is 0 Å². The molecule has 2 fully saturated rings. The lowest BCUT2D eigenvalue weighted by molar-refractivity contribution is -0.0948. The van der Waals surface area contributed by atoms with Crippen molar-refractivity contribution in [3.8, 4) is 0 Å². The number of hydrogen-bond donors (Lipinski definition) is 0. The molecule has 0 aromatic rings. The van der Waals surface area contributed by atoms with Gasteiger partial charge in [0.25, 0.3) is 0 Å². The SMILES string of the molecule is CCOCOCC1CCC(COCC2CO2)O1. The van der Waals surface area contributed by atoms with Crippen molar-refractivity contribution in [3.63, 3.8) is 0 Å². The van der Waals surface area contributed by atoms with Gasteiger partial charge < -0.3 is 23.7 Å². The van der Waals surface area contributed by atoms with E-state index in [4.69, 9.17) is 23.7 Å². The van der Waals surface area contributed by atoms with Crippen LogP contribution in [0.25, 0.3) is 0 Å². The smallest absolute Gasteiger partial charge is 0.146 e. The Morgan fingerprint density at radius 2 is 1.59 bits per heavy atom. The van der Waals surface area contributed by atoms with E-state index < -0.39 is 0 Å². The highest BCUT2D eigenvalue weighted by Gasteiger charge is 2.27. The van der Waals surface area contributed by atoms with Crippen LogP contribution in [0.3, 0.4) is 0 Å². The van der Waals surface area contributed by atoms with E-state index in [-0.39, 0.29) is 12.2 Å². The molecule has 2 rings (SSSR count). The summed E-state index contributed by atoms with van der Waals surface area (Å²) in [5, 5.41) is 0. The minimum absolute atomic E-state index is 0.196. The molecule has 17 heavy (non-hydrogen) atoms. The molecule has 3 atom stereocenters. The Kier molecular flexibility index (Phi) is 5.67. The average molecular weight is 246 g/mol. The fourth-order valence-corrected chi connectivity index (χ4v) is 1.84. The molecule has 0 aliphatic carbocycles. The third-order valence-corrected chi connectivity index (χ3v) is 2.88. The van der Waals surface area contributed by atoms with Gasteiger partial charge in [-0.25, -0.2) is 0 Å². The van der Waals surface area contributed by atoms with Gasteiger partial charge in [-0.3, -0.25) is 0 Å². The van der Waals surface area contributed by atoms with Crippen molar-refractivity contribution in [2.45, 2.75) is 38.1 Å². The predicted octanol–water partition coefficient (Wildman–Crippen LogP) is 0.960. The fourth-order valence-electron chi connectivity index (χ4n) is 1.84. The van der Waals surface area contributed by atoms with Crippen LogP contribution < -0.4 is 0 Å². The van der Waals surface area contributed by atoms with Crippen LogP contribution in [-0.4, -0.2) is 58.1 Å². The molecule has 2 aliphatic heterocycles. The molecular weight excluding hydrogens is 224 g/mol. The second-order valence-corrected chi connectivity index (χ2v) is 4.43. The van der Waals surface area contributed by atoms with Crippen LogP contribution in [0.4, 0.5) is 0 Å². The van der Waals surface area contributed by atoms with Crippen LogP contribution in [0, 0.1) is 0 Å². The van der Waals surface area contributed by atoms with Crippen molar-refractivity contribution < 1.29 is 23.7 Å². The summed E-state index contributed by atoms with van der Waals surface area (Å²) in [6.07, 6.45) is 2.84. The largest absolute Gasteiger partial charge is 0.376 e. The summed E-state index contributed by atoms with van der Waals surface area (Å²) in [6.45, 7) is 5.82. The lowest BCUT2D eigenvalue weighted by Gasteiger charge is -2.14. The first-order valence-electron chi connectivity index (χ1n) is 6.38. The van der Waals surface area contributed by atoms with Gasteiger partial charge in [0.05, 0.1) is 38.6 Å². The molecule has 2 heterocycles. The van der Waals surface area contributed by atoms with E-state index in [1.54, 1.807) is 0 Å². The van der Waals surface area contributed by atoms with Crippen molar-refractivity contribution >= 4 is 0 Å². The second-order valence-electron chi connectivity index (χ2n) is 4.43. The van der Waals surface area contributed by atoms with E-state index in [0.717, 1.165) is 19.4 Å². The summed E-state index contributed by atoms with van der Waals surface area (Å²) in [4.78, 5) is 0. The Labute approximate surface area is 102 Å². The van der Waals surface area contributed by atoms with Crippen LogP contribution in [0.15, 0.2) is 0 Å². The van der Waals surface area contributed by atoms with Crippen LogP contribution in [-0.2, 0) is 23.7 Å². The van der Waals surface area contributed by atoms with Crippen LogP contribution in [0.2, 0.25) is 0 Å². The summed E-state index contributed by atoms with van der Waals surface area (Å²) >= 11 is 0. The maximum Gasteiger partial charge on any atom is 0.146 e. The number of epoxide rings is 1. The molecule has 0 spiro atoms. The average Bonchev–Trinajstić information content (AvgIpc) is 3.04. The Morgan fingerprint density at radius 3 is 2.24 bits per heavy atom. The normalized spacial score (nSPS) is 31.9. The highest BCUT2D eigenvalue weighted by molar-refractivity contribution is 4.74.